The topological polar surface area (TPSA) is 60.2 Å². The molecule has 0 bridgehead atoms. The lowest BCUT2D eigenvalue weighted by atomic mass is 10.1. The Morgan fingerprint density at radius 3 is 2.55 bits per heavy atom. The van der Waals surface area contributed by atoms with Crippen LogP contribution in [0.3, 0.4) is 0 Å². The van der Waals surface area contributed by atoms with E-state index in [2.05, 4.69) is 0 Å². The predicted molar refractivity (Wildman–Crippen MR) is 45.0 cm³/mol. The number of hydrogen-bond acceptors (Lipinski definition) is 3. The molecule has 64 valence electrons. The van der Waals surface area contributed by atoms with Crippen molar-refractivity contribution in [3.63, 3.8) is 0 Å². The molecule has 1 rings (SSSR count). The molecule has 1 aliphatic carbocycles. The van der Waals surface area contributed by atoms with Crippen LogP contribution < -0.4 is 5.73 Å². The minimum atomic E-state index is -2.85. The normalized spacial score (nSPS) is 23.2. The van der Waals surface area contributed by atoms with Gasteiger partial charge in [0.2, 0.25) is 0 Å². The minimum Gasteiger partial charge on any atom is -0.330 e. The Hall–Kier alpha value is -0.350. The van der Waals surface area contributed by atoms with E-state index in [0.29, 0.717) is 19.4 Å². The Morgan fingerprint density at radius 1 is 1.55 bits per heavy atom. The Kier molecular flexibility index (Phi) is 2.67. The van der Waals surface area contributed by atoms with Crippen molar-refractivity contribution in [2.45, 2.75) is 18.1 Å². The first-order valence-electron chi connectivity index (χ1n) is 3.75. The second-order valence-electron chi connectivity index (χ2n) is 2.71. The zero-order valence-electron chi connectivity index (χ0n) is 6.36. The van der Waals surface area contributed by atoms with Gasteiger partial charge in [0.25, 0.3) is 0 Å². The van der Waals surface area contributed by atoms with Crippen molar-refractivity contribution in [3.05, 3.63) is 12.2 Å². The van der Waals surface area contributed by atoms with Crippen LogP contribution in [0.4, 0.5) is 0 Å². The highest BCUT2D eigenvalue weighted by Gasteiger charge is 2.25. The molecule has 2 N–H and O–H groups in total. The van der Waals surface area contributed by atoms with Crippen LogP contribution in [0.15, 0.2) is 12.2 Å². The highest BCUT2D eigenvalue weighted by molar-refractivity contribution is 7.92. The maximum Gasteiger partial charge on any atom is 0.157 e. The highest BCUT2D eigenvalue weighted by Crippen LogP contribution is 2.18. The van der Waals surface area contributed by atoms with Crippen molar-refractivity contribution in [1.82, 2.24) is 0 Å². The van der Waals surface area contributed by atoms with E-state index >= 15 is 0 Å². The first-order chi connectivity index (χ1) is 5.17. The van der Waals surface area contributed by atoms with Gasteiger partial charge in [-0.05, 0) is 19.4 Å². The number of hydrogen-bond donors (Lipinski definition) is 1. The lowest BCUT2D eigenvalue weighted by molar-refractivity contribution is 0.582. The molecule has 0 fully saturated rings. The van der Waals surface area contributed by atoms with Crippen LogP contribution in [0.25, 0.3) is 0 Å². The average Bonchev–Trinajstić information content (AvgIpc) is 1.78. The van der Waals surface area contributed by atoms with E-state index in [0.717, 1.165) is 0 Å². The van der Waals surface area contributed by atoms with Crippen molar-refractivity contribution in [3.8, 4) is 0 Å². The van der Waals surface area contributed by atoms with E-state index in [1.54, 1.807) is 6.08 Å². The first-order valence-corrected chi connectivity index (χ1v) is 5.46. The second kappa shape index (κ2) is 3.36. The van der Waals surface area contributed by atoms with E-state index in [9.17, 15) is 8.42 Å². The molecule has 1 atom stereocenters. The number of sulfone groups is 1. The summed E-state index contributed by atoms with van der Waals surface area (Å²) in [6.45, 7) is 0.454. The largest absolute Gasteiger partial charge is 0.330 e. The van der Waals surface area contributed by atoms with Gasteiger partial charge in [0.05, 0.1) is 11.0 Å². The molecule has 3 nitrogen and oxygen atoms in total. The molecule has 1 aliphatic rings. The average molecular weight is 175 g/mol. The van der Waals surface area contributed by atoms with Crippen LogP contribution in [-0.4, -0.2) is 26.0 Å². The summed E-state index contributed by atoms with van der Waals surface area (Å²) in [5, 5.41) is -0.214. The van der Waals surface area contributed by atoms with Crippen molar-refractivity contribution in [2.24, 2.45) is 5.73 Å². The SMILES string of the molecule is NCCCS(=O)(=O)C1C=CC1. The fourth-order valence-electron chi connectivity index (χ4n) is 0.949. The van der Waals surface area contributed by atoms with Gasteiger partial charge in [-0.3, -0.25) is 0 Å². The van der Waals surface area contributed by atoms with E-state index in [1.165, 1.54) is 0 Å². The van der Waals surface area contributed by atoms with Gasteiger partial charge < -0.3 is 5.73 Å². The smallest absolute Gasteiger partial charge is 0.157 e. The van der Waals surface area contributed by atoms with Gasteiger partial charge in [-0.25, -0.2) is 8.42 Å². The summed E-state index contributed by atoms with van der Waals surface area (Å²) in [6, 6.07) is 0. The molecule has 1 unspecified atom stereocenters. The molecule has 11 heavy (non-hydrogen) atoms. The molecule has 4 heteroatoms. The molecule has 0 saturated heterocycles. The quantitative estimate of drug-likeness (QED) is 0.615. The third kappa shape index (κ3) is 2.04. The van der Waals surface area contributed by atoms with Crippen molar-refractivity contribution < 1.29 is 8.42 Å². The minimum absolute atomic E-state index is 0.214. The van der Waals surface area contributed by atoms with E-state index in [4.69, 9.17) is 5.73 Å². The standard InChI is InChI=1S/C7H13NO2S/c8-5-2-6-11(9,10)7-3-1-4-7/h1,3,7H,2,4-6,8H2. The Labute approximate surface area is 67.2 Å². The zero-order valence-corrected chi connectivity index (χ0v) is 7.18. The van der Waals surface area contributed by atoms with Crippen molar-refractivity contribution in [1.29, 1.82) is 0 Å². The summed E-state index contributed by atoms with van der Waals surface area (Å²) in [7, 11) is -2.85. The summed E-state index contributed by atoms with van der Waals surface area (Å²) in [5.41, 5.74) is 5.21. The summed E-state index contributed by atoms with van der Waals surface area (Å²) >= 11 is 0. The molecule has 0 saturated carbocycles. The third-order valence-electron chi connectivity index (χ3n) is 1.81. The number of nitrogens with two attached hydrogens (primary N) is 1. The predicted octanol–water partition coefficient (Wildman–Crippen LogP) is 0.0785. The van der Waals surface area contributed by atoms with E-state index < -0.39 is 9.84 Å². The van der Waals surface area contributed by atoms with Gasteiger partial charge in [0, 0.05) is 0 Å². The second-order valence-corrected chi connectivity index (χ2v) is 5.05. The van der Waals surface area contributed by atoms with E-state index in [1.807, 2.05) is 6.08 Å². The fraction of sp³-hybridized carbons (Fsp3) is 0.714. The molecule has 0 radical (unpaired) electrons. The molecule has 0 aromatic heterocycles. The maximum absolute atomic E-state index is 11.3. The molecular formula is C7H13NO2S. The van der Waals surface area contributed by atoms with Crippen LogP contribution in [0.1, 0.15) is 12.8 Å². The number of rotatable bonds is 4. The lowest BCUT2D eigenvalue weighted by Crippen LogP contribution is -2.26. The third-order valence-corrected chi connectivity index (χ3v) is 3.94. The van der Waals surface area contributed by atoms with Crippen molar-refractivity contribution >= 4 is 9.84 Å². The molecule has 0 heterocycles. The van der Waals surface area contributed by atoms with Crippen LogP contribution >= 0.6 is 0 Å². The van der Waals surface area contributed by atoms with Gasteiger partial charge in [-0.2, -0.15) is 0 Å². The van der Waals surface area contributed by atoms with Crippen LogP contribution in [0.2, 0.25) is 0 Å². The van der Waals surface area contributed by atoms with Crippen molar-refractivity contribution in [2.75, 3.05) is 12.3 Å². The van der Waals surface area contributed by atoms with Crippen LogP contribution in [0.5, 0.6) is 0 Å². The van der Waals surface area contributed by atoms with Gasteiger partial charge in [0.1, 0.15) is 0 Å². The fourth-order valence-corrected chi connectivity index (χ4v) is 2.58. The summed E-state index contributed by atoms with van der Waals surface area (Å²) in [5.74, 6) is 0.235. The molecule has 0 spiro atoms. The molecule has 0 aromatic rings. The Morgan fingerprint density at radius 2 is 2.18 bits per heavy atom. The summed E-state index contributed by atoms with van der Waals surface area (Å²) in [6.07, 6.45) is 4.89. The van der Waals surface area contributed by atoms with Crippen LogP contribution in [0, 0.1) is 0 Å². The van der Waals surface area contributed by atoms with Gasteiger partial charge in [-0.15, -0.1) is 0 Å². The van der Waals surface area contributed by atoms with Gasteiger partial charge in [0.15, 0.2) is 9.84 Å². The number of allylic oxidation sites excluding steroid dienone is 1. The Bertz CT molecular complexity index is 243. The molecule has 0 amide bonds. The maximum atomic E-state index is 11.3. The van der Waals surface area contributed by atoms with Gasteiger partial charge in [-0.1, -0.05) is 12.2 Å². The van der Waals surface area contributed by atoms with E-state index in [-0.39, 0.29) is 11.0 Å². The Balaban J connectivity index is 2.46. The first kappa shape index (κ1) is 8.74. The zero-order chi connectivity index (χ0) is 8.32. The highest BCUT2D eigenvalue weighted by atomic mass is 32.2. The molecule has 0 aliphatic heterocycles. The lowest BCUT2D eigenvalue weighted by Gasteiger charge is -2.17. The summed E-state index contributed by atoms with van der Waals surface area (Å²) in [4.78, 5) is 0. The summed E-state index contributed by atoms with van der Waals surface area (Å²) < 4.78 is 22.5. The van der Waals surface area contributed by atoms with Crippen LogP contribution in [-0.2, 0) is 9.84 Å². The monoisotopic (exact) mass is 175 g/mol. The molecule has 0 aromatic carbocycles. The van der Waals surface area contributed by atoms with Gasteiger partial charge >= 0.3 is 0 Å². The molecular weight excluding hydrogens is 162 g/mol.